The van der Waals surface area contributed by atoms with E-state index in [0.717, 1.165) is 0 Å². The van der Waals surface area contributed by atoms with Crippen molar-refractivity contribution in [3.63, 3.8) is 0 Å². The van der Waals surface area contributed by atoms with Crippen LogP contribution in [0.1, 0.15) is 23.6 Å². The lowest BCUT2D eigenvalue weighted by molar-refractivity contribution is -0.140. The maximum absolute atomic E-state index is 13.0. The normalized spacial score (nSPS) is 17.9. The van der Waals surface area contributed by atoms with E-state index >= 15 is 0 Å². The summed E-state index contributed by atoms with van der Waals surface area (Å²) in [6, 6.07) is 8.05. The number of nitrogens with zero attached hydrogens (tertiary/aromatic N) is 1. The number of aromatic hydroxyl groups is 1. The molecule has 2 aromatic carbocycles. The van der Waals surface area contributed by atoms with Gasteiger partial charge in [0.2, 0.25) is 0 Å². The molecular formula is C22H21Cl2NO6. The smallest absolute Gasteiger partial charge is 0.295 e. The number of amides is 1. The molecule has 0 radical (unpaired) electrons. The van der Waals surface area contributed by atoms with Crippen molar-refractivity contribution in [2.24, 2.45) is 0 Å². The van der Waals surface area contributed by atoms with Crippen LogP contribution < -0.4 is 4.74 Å². The predicted molar refractivity (Wildman–Crippen MR) is 117 cm³/mol. The number of hydrogen-bond donors (Lipinski definition) is 2. The number of likely N-dealkylation sites (tertiary alicyclic amines) is 1. The van der Waals surface area contributed by atoms with Crippen molar-refractivity contribution in [3.8, 4) is 11.5 Å². The van der Waals surface area contributed by atoms with Crippen LogP contribution in [0.2, 0.25) is 10.0 Å². The fourth-order valence-electron chi connectivity index (χ4n) is 3.58. The van der Waals surface area contributed by atoms with Crippen LogP contribution in [-0.4, -0.2) is 54.2 Å². The lowest BCUT2D eigenvalue weighted by atomic mass is 9.95. The Kier molecular flexibility index (Phi) is 7.10. The summed E-state index contributed by atoms with van der Waals surface area (Å²) in [6.45, 7) is 0.622. The zero-order chi connectivity index (χ0) is 22.7. The largest absolute Gasteiger partial charge is 0.508 e. The third-order valence-corrected chi connectivity index (χ3v) is 5.46. The minimum Gasteiger partial charge on any atom is -0.508 e. The molecule has 1 atom stereocenters. The molecule has 3 rings (SSSR count). The van der Waals surface area contributed by atoms with E-state index in [-0.39, 0.29) is 39.2 Å². The van der Waals surface area contributed by atoms with Crippen LogP contribution in [0.25, 0.3) is 5.76 Å². The number of benzene rings is 2. The second-order valence-electron chi connectivity index (χ2n) is 6.90. The molecule has 1 fully saturated rings. The number of aliphatic hydroxyl groups excluding tert-OH is 1. The minimum absolute atomic E-state index is 0.0309. The number of phenols is 1. The Bertz CT molecular complexity index is 1040. The van der Waals surface area contributed by atoms with Gasteiger partial charge in [0.1, 0.15) is 17.3 Å². The summed E-state index contributed by atoms with van der Waals surface area (Å²) in [4.78, 5) is 27.2. The van der Waals surface area contributed by atoms with Gasteiger partial charge in [-0.2, -0.15) is 0 Å². The van der Waals surface area contributed by atoms with E-state index in [1.807, 2.05) is 0 Å². The van der Waals surface area contributed by atoms with E-state index in [1.165, 1.54) is 36.3 Å². The number of aliphatic hydroxyl groups is 1. The van der Waals surface area contributed by atoms with Gasteiger partial charge in [-0.15, -0.1) is 0 Å². The molecule has 0 aliphatic carbocycles. The standard InChI is InChI=1S/C22H21Cl2NO6/c1-30-9-3-8-25-18(12-4-6-14(26)7-5-12)17(20(28)22(25)29)19(27)15-10-13(23)11-16(24)21(15)31-2/h4-7,10-11,18,26-27H,3,8-9H2,1-2H3/b19-17+. The monoisotopic (exact) mass is 465 g/mol. The van der Waals surface area contributed by atoms with E-state index < -0.39 is 23.5 Å². The first-order valence-electron chi connectivity index (χ1n) is 9.39. The summed E-state index contributed by atoms with van der Waals surface area (Å²) in [6.07, 6.45) is 0.491. The maximum Gasteiger partial charge on any atom is 0.295 e. The van der Waals surface area contributed by atoms with Crippen LogP contribution >= 0.6 is 23.2 Å². The number of hydrogen-bond acceptors (Lipinski definition) is 6. The first-order valence-corrected chi connectivity index (χ1v) is 10.2. The Morgan fingerprint density at radius 3 is 2.42 bits per heavy atom. The summed E-state index contributed by atoms with van der Waals surface area (Å²) < 4.78 is 10.4. The van der Waals surface area contributed by atoms with Crippen LogP contribution in [0.15, 0.2) is 42.0 Å². The van der Waals surface area contributed by atoms with Crippen LogP contribution in [0, 0.1) is 0 Å². The molecule has 9 heteroatoms. The lowest BCUT2D eigenvalue weighted by Gasteiger charge is -2.25. The molecule has 1 amide bonds. The van der Waals surface area contributed by atoms with Gasteiger partial charge in [0.15, 0.2) is 0 Å². The van der Waals surface area contributed by atoms with Gasteiger partial charge in [0, 0.05) is 25.3 Å². The Morgan fingerprint density at radius 2 is 1.81 bits per heavy atom. The molecule has 0 aromatic heterocycles. The molecule has 1 heterocycles. The summed E-state index contributed by atoms with van der Waals surface area (Å²) in [5.41, 5.74) is 0.520. The van der Waals surface area contributed by atoms with E-state index in [0.29, 0.717) is 18.6 Å². The third-order valence-electron chi connectivity index (χ3n) is 4.96. The molecule has 1 aliphatic rings. The molecule has 1 aliphatic heterocycles. The zero-order valence-corrected chi connectivity index (χ0v) is 18.4. The number of rotatable bonds is 7. The van der Waals surface area contributed by atoms with E-state index in [9.17, 15) is 19.8 Å². The highest BCUT2D eigenvalue weighted by Gasteiger charge is 2.46. The SMILES string of the molecule is COCCCN1C(=O)C(=O)/C(=C(/O)c2cc(Cl)cc(Cl)c2OC)C1c1ccc(O)cc1. The first kappa shape index (κ1) is 22.9. The number of carbonyl (C=O) groups is 2. The highest BCUT2D eigenvalue weighted by molar-refractivity contribution is 6.46. The number of carbonyl (C=O) groups excluding carboxylic acids is 2. The number of halogens is 2. The predicted octanol–water partition coefficient (Wildman–Crippen LogP) is 4.17. The van der Waals surface area contributed by atoms with Gasteiger partial charge in [-0.25, -0.2) is 0 Å². The van der Waals surface area contributed by atoms with E-state index in [1.54, 1.807) is 19.2 Å². The molecule has 0 bridgehead atoms. The van der Waals surface area contributed by atoms with Crippen molar-refractivity contribution < 1.29 is 29.3 Å². The van der Waals surface area contributed by atoms with Crippen LogP contribution in [-0.2, 0) is 14.3 Å². The second kappa shape index (κ2) is 9.60. The van der Waals surface area contributed by atoms with Gasteiger partial charge in [-0.05, 0) is 36.2 Å². The first-order chi connectivity index (χ1) is 14.8. The van der Waals surface area contributed by atoms with E-state index in [4.69, 9.17) is 32.7 Å². The van der Waals surface area contributed by atoms with Crippen molar-refractivity contribution in [1.29, 1.82) is 0 Å². The fourth-order valence-corrected chi connectivity index (χ4v) is 4.15. The van der Waals surface area contributed by atoms with Crippen LogP contribution in [0.4, 0.5) is 0 Å². The molecule has 2 N–H and O–H groups in total. The average Bonchev–Trinajstić information content (AvgIpc) is 2.98. The zero-order valence-electron chi connectivity index (χ0n) is 16.9. The third kappa shape index (κ3) is 4.49. The van der Waals surface area contributed by atoms with Gasteiger partial charge < -0.3 is 24.6 Å². The molecule has 2 aromatic rings. The van der Waals surface area contributed by atoms with Crippen molar-refractivity contribution in [2.75, 3.05) is 27.4 Å². The Morgan fingerprint density at radius 1 is 1.13 bits per heavy atom. The van der Waals surface area contributed by atoms with Gasteiger partial charge in [0.25, 0.3) is 11.7 Å². The lowest BCUT2D eigenvalue weighted by Crippen LogP contribution is -2.31. The van der Waals surface area contributed by atoms with Gasteiger partial charge in [-0.3, -0.25) is 9.59 Å². The van der Waals surface area contributed by atoms with E-state index in [2.05, 4.69) is 0 Å². The molecule has 1 unspecified atom stereocenters. The number of ether oxygens (including phenoxy) is 2. The molecule has 31 heavy (non-hydrogen) atoms. The number of methoxy groups -OCH3 is 2. The minimum atomic E-state index is -0.875. The van der Waals surface area contributed by atoms with Crippen LogP contribution in [0.5, 0.6) is 11.5 Å². The maximum atomic E-state index is 13.0. The Hall–Kier alpha value is -2.74. The Labute approximate surface area is 189 Å². The van der Waals surface area contributed by atoms with Crippen molar-refractivity contribution in [2.45, 2.75) is 12.5 Å². The summed E-state index contributed by atoms with van der Waals surface area (Å²) in [5.74, 6) is -1.89. The van der Waals surface area contributed by atoms with Crippen molar-refractivity contribution in [3.05, 3.63) is 63.1 Å². The Balaban J connectivity index is 2.21. The molecule has 7 nitrogen and oxygen atoms in total. The molecule has 0 spiro atoms. The molecule has 0 saturated carbocycles. The fraction of sp³-hybridized carbons (Fsp3) is 0.273. The quantitative estimate of drug-likeness (QED) is 0.275. The average molecular weight is 466 g/mol. The molecule has 164 valence electrons. The van der Waals surface area contributed by atoms with Gasteiger partial charge in [0.05, 0.1) is 29.3 Å². The van der Waals surface area contributed by atoms with Gasteiger partial charge >= 0.3 is 0 Å². The molecule has 1 saturated heterocycles. The highest BCUT2D eigenvalue weighted by Crippen LogP contribution is 2.43. The highest BCUT2D eigenvalue weighted by atomic mass is 35.5. The number of phenolic OH excluding ortho intramolecular Hbond substituents is 1. The summed E-state index contributed by atoms with van der Waals surface area (Å²) >= 11 is 12.3. The van der Waals surface area contributed by atoms with Gasteiger partial charge in [-0.1, -0.05) is 35.3 Å². The second-order valence-corrected chi connectivity index (χ2v) is 7.74. The van der Waals surface area contributed by atoms with Crippen molar-refractivity contribution in [1.82, 2.24) is 4.90 Å². The topological polar surface area (TPSA) is 96.3 Å². The summed E-state index contributed by atoms with van der Waals surface area (Å²) in [5, 5.41) is 21.2. The number of Topliss-reactive ketones (excluding diaryl/α,β-unsaturated/α-hetero) is 1. The molecular weight excluding hydrogens is 445 g/mol. The number of ketones is 1. The summed E-state index contributed by atoms with van der Waals surface area (Å²) in [7, 11) is 2.91. The van der Waals surface area contributed by atoms with Crippen molar-refractivity contribution >= 4 is 40.7 Å². The van der Waals surface area contributed by atoms with Crippen LogP contribution in [0.3, 0.4) is 0 Å².